The van der Waals surface area contributed by atoms with Crippen molar-refractivity contribution in [3.63, 3.8) is 0 Å². The molecule has 4 aromatic rings. The molecule has 2 heterocycles. The lowest BCUT2D eigenvalue weighted by atomic mass is 10.1. The van der Waals surface area contributed by atoms with Crippen LogP contribution in [0.15, 0.2) is 70.2 Å². The SMILES string of the molecule is O=C(Cn1nnc(-c2ccccc2)n1)N/N=C\c1ccc(-c2cc([N+](=O)[O-])ccc2Cl)o1. The number of tetrazole rings is 1. The number of rotatable bonds is 7. The summed E-state index contributed by atoms with van der Waals surface area (Å²) in [5.74, 6) is 0.580. The molecule has 0 fully saturated rings. The van der Waals surface area contributed by atoms with Gasteiger partial charge in [-0.2, -0.15) is 9.90 Å². The second-order valence-electron chi connectivity index (χ2n) is 6.43. The molecule has 4 rings (SSSR count). The molecule has 0 aliphatic heterocycles. The van der Waals surface area contributed by atoms with E-state index in [1.807, 2.05) is 30.3 Å². The van der Waals surface area contributed by atoms with Gasteiger partial charge in [-0.3, -0.25) is 14.9 Å². The molecule has 0 aliphatic rings. The Morgan fingerprint density at radius 1 is 1.22 bits per heavy atom. The standard InChI is InChI=1S/C20H14ClN7O4/c21-17-8-6-14(28(30)31)10-16(17)18-9-7-15(32-18)11-22-23-19(29)12-27-25-20(24-26-27)13-4-2-1-3-5-13/h1-11H,12H2,(H,23,29)/b22-11-. The van der Waals surface area contributed by atoms with Crippen LogP contribution in [0.4, 0.5) is 5.69 Å². The van der Waals surface area contributed by atoms with Crippen LogP contribution in [0.25, 0.3) is 22.7 Å². The third kappa shape index (κ3) is 4.84. The topological polar surface area (TPSA) is 141 Å². The van der Waals surface area contributed by atoms with Crippen LogP contribution in [-0.4, -0.2) is 37.3 Å². The summed E-state index contributed by atoms with van der Waals surface area (Å²) in [4.78, 5) is 23.7. The average Bonchev–Trinajstić information content (AvgIpc) is 3.44. The zero-order valence-electron chi connectivity index (χ0n) is 16.3. The van der Waals surface area contributed by atoms with E-state index in [0.717, 1.165) is 10.4 Å². The Labute approximate surface area is 185 Å². The second kappa shape index (κ2) is 9.18. The molecule has 2 aromatic carbocycles. The van der Waals surface area contributed by atoms with Gasteiger partial charge in [-0.15, -0.1) is 10.2 Å². The van der Waals surface area contributed by atoms with E-state index in [2.05, 4.69) is 25.9 Å². The van der Waals surface area contributed by atoms with E-state index < -0.39 is 10.8 Å². The third-order valence-corrected chi connectivity index (χ3v) is 4.53. The molecule has 0 spiro atoms. The molecule has 0 unspecified atom stereocenters. The van der Waals surface area contributed by atoms with Crippen LogP contribution in [-0.2, 0) is 11.3 Å². The van der Waals surface area contributed by atoms with Gasteiger partial charge >= 0.3 is 0 Å². The highest BCUT2D eigenvalue weighted by Gasteiger charge is 2.14. The summed E-state index contributed by atoms with van der Waals surface area (Å²) < 4.78 is 5.59. The Kier molecular flexibility index (Phi) is 5.99. The average molecular weight is 452 g/mol. The number of nitrogens with zero attached hydrogens (tertiary/aromatic N) is 6. The Balaban J connectivity index is 1.37. The number of hydrazone groups is 1. The van der Waals surface area contributed by atoms with Crippen LogP contribution in [0.5, 0.6) is 0 Å². The smallest absolute Gasteiger partial charge is 0.270 e. The van der Waals surface area contributed by atoms with Crippen molar-refractivity contribution in [2.75, 3.05) is 0 Å². The Hall–Kier alpha value is -4.38. The maximum atomic E-state index is 12.1. The fourth-order valence-corrected chi connectivity index (χ4v) is 2.94. The summed E-state index contributed by atoms with van der Waals surface area (Å²) in [5, 5.41) is 27.0. The molecular weight excluding hydrogens is 438 g/mol. The largest absolute Gasteiger partial charge is 0.455 e. The fourth-order valence-electron chi connectivity index (χ4n) is 2.73. The lowest BCUT2D eigenvalue weighted by molar-refractivity contribution is -0.384. The highest BCUT2D eigenvalue weighted by atomic mass is 35.5. The molecule has 160 valence electrons. The highest BCUT2D eigenvalue weighted by Crippen LogP contribution is 2.32. The zero-order chi connectivity index (χ0) is 22.5. The monoisotopic (exact) mass is 451 g/mol. The van der Waals surface area contributed by atoms with Crippen LogP contribution in [0.1, 0.15) is 5.76 Å². The molecule has 12 heteroatoms. The van der Waals surface area contributed by atoms with E-state index in [1.54, 1.807) is 12.1 Å². The maximum absolute atomic E-state index is 12.1. The number of carbonyl (C=O) groups is 1. The number of nitro groups is 1. The fraction of sp³-hybridized carbons (Fsp3) is 0.0500. The minimum Gasteiger partial charge on any atom is -0.455 e. The maximum Gasteiger partial charge on any atom is 0.270 e. The first-order valence-corrected chi connectivity index (χ1v) is 9.56. The quantitative estimate of drug-likeness (QED) is 0.258. The first-order valence-electron chi connectivity index (χ1n) is 9.19. The van der Waals surface area contributed by atoms with Gasteiger partial charge < -0.3 is 4.42 Å². The number of halogens is 1. The molecule has 11 nitrogen and oxygen atoms in total. The number of furan rings is 1. The number of benzene rings is 2. The second-order valence-corrected chi connectivity index (χ2v) is 6.83. The number of hydrogen-bond acceptors (Lipinski definition) is 8. The number of non-ortho nitro benzene ring substituents is 1. The van der Waals surface area contributed by atoms with Crippen LogP contribution in [0, 0.1) is 10.1 Å². The molecular formula is C20H14ClN7O4. The Morgan fingerprint density at radius 2 is 2.03 bits per heavy atom. The molecule has 1 amide bonds. The predicted molar refractivity (Wildman–Crippen MR) is 115 cm³/mol. The lowest BCUT2D eigenvalue weighted by Gasteiger charge is -2.00. The zero-order valence-corrected chi connectivity index (χ0v) is 17.0. The van der Waals surface area contributed by atoms with Gasteiger partial charge in [-0.1, -0.05) is 41.9 Å². The summed E-state index contributed by atoms with van der Waals surface area (Å²) in [6, 6.07) is 16.5. The van der Waals surface area contributed by atoms with Gasteiger partial charge in [0.15, 0.2) is 0 Å². The van der Waals surface area contributed by atoms with Crippen molar-refractivity contribution in [1.29, 1.82) is 0 Å². The minimum absolute atomic E-state index is 0.111. The van der Waals surface area contributed by atoms with Gasteiger partial charge in [-0.25, -0.2) is 5.43 Å². The molecule has 0 atom stereocenters. The molecule has 32 heavy (non-hydrogen) atoms. The first-order chi connectivity index (χ1) is 15.5. The third-order valence-electron chi connectivity index (χ3n) is 4.20. The van der Waals surface area contributed by atoms with Crippen LogP contribution >= 0.6 is 11.6 Å². The van der Waals surface area contributed by atoms with Crippen molar-refractivity contribution >= 4 is 29.4 Å². The van der Waals surface area contributed by atoms with Crippen LogP contribution in [0.3, 0.4) is 0 Å². The van der Waals surface area contributed by atoms with Gasteiger partial charge in [0.1, 0.15) is 18.1 Å². The van der Waals surface area contributed by atoms with Crippen molar-refractivity contribution < 1.29 is 14.1 Å². The van der Waals surface area contributed by atoms with E-state index >= 15 is 0 Å². The van der Waals surface area contributed by atoms with E-state index in [0.29, 0.717) is 27.9 Å². The van der Waals surface area contributed by atoms with E-state index in [4.69, 9.17) is 16.0 Å². The van der Waals surface area contributed by atoms with Crippen molar-refractivity contribution in [2.24, 2.45) is 5.10 Å². The molecule has 1 N–H and O–H groups in total. The Bertz CT molecular complexity index is 1300. The van der Waals surface area contributed by atoms with E-state index in [-0.39, 0.29) is 12.2 Å². The van der Waals surface area contributed by atoms with Crippen molar-refractivity contribution in [2.45, 2.75) is 6.54 Å². The number of amides is 1. The minimum atomic E-state index is -0.520. The van der Waals surface area contributed by atoms with E-state index in [1.165, 1.54) is 24.4 Å². The van der Waals surface area contributed by atoms with Gasteiger partial charge in [0.25, 0.3) is 11.6 Å². The molecule has 0 bridgehead atoms. The van der Waals surface area contributed by atoms with Gasteiger partial charge in [0.2, 0.25) is 5.82 Å². The van der Waals surface area contributed by atoms with Crippen molar-refractivity contribution in [3.05, 3.63) is 81.6 Å². The van der Waals surface area contributed by atoms with Crippen LogP contribution < -0.4 is 5.43 Å². The summed E-state index contributed by atoms with van der Waals surface area (Å²) in [6.45, 7) is -0.177. The lowest BCUT2D eigenvalue weighted by Crippen LogP contribution is -2.24. The summed E-state index contributed by atoms with van der Waals surface area (Å²) in [6.07, 6.45) is 1.29. The normalized spacial score (nSPS) is 11.0. The number of carbonyl (C=O) groups excluding carboxylic acids is 1. The highest BCUT2D eigenvalue weighted by molar-refractivity contribution is 6.33. The Morgan fingerprint density at radius 3 is 2.81 bits per heavy atom. The van der Waals surface area contributed by atoms with Gasteiger partial charge in [0.05, 0.1) is 16.2 Å². The summed E-state index contributed by atoms with van der Waals surface area (Å²) in [7, 11) is 0. The first kappa shape index (κ1) is 20.9. The molecule has 0 saturated carbocycles. The molecule has 0 saturated heterocycles. The van der Waals surface area contributed by atoms with Gasteiger partial charge in [0, 0.05) is 23.3 Å². The summed E-state index contributed by atoms with van der Waals surface area (Å²) >= 11 is 6.12. The number of nitrogens with one attached hydrogen (secondary N) is 1. The summed E-state index contributed by atoms with van der Waals surface area (Å²) in [5.41, 5.74) is 3.39. The van der Waals surface area contributed by atoms with Crippen LogP contribution in [0.2, 0.25) is 5.02 Å². The van der Waals surface area contributed by atoms with E-state index in [9.17, 15) is 14.9 Å². The number of aromatic nitrogens is 4. The van der Waals surface area contributed by atoms with Gasteiger partial charge in [-0.05, 0) is 23.4 Å². The predicted octanol–water partition coefficient (Wildman–Crippen LogP) is 3.31. The van der Waals surface area contributed by atoms with Crippen molar-refractivity contribution in [3.8, 4) is 22.7 Å². The van der Waals surface area contributed by atoms with Crippen molar-refractivity contribution in [1.82, 2.24) is 25.6 Å². The molecule has 0 radical (unpaired) electrons. The molecule has 2 aromatic heterocycles. The number of hydrogen-bond donors (Lipinski definition) is 1. The number of nitro benzene ring substituents is 1. The molecule has 0 aliphatic carbocycles.